The van der Waals surface area contributed by atoms with Crippen molar-refractivity contribution in [2.75, 3.05) is 80.0 Å². The predicted octanol–water partition coefficient (Wildman–Crippen LogP) is 1.54. The molecule has 0 heterocycles. The molecule has 1 amide bonds. The van der Waals surface area contributed by atoms with Gasteiger partial charge in [-0.05, 0) is 19.7 Å². The molecule has 0 aliphatic rings. The van der Waals surface area contributed by atoms with Gasteiger partial charge in [-0.15, -0.1) is 0 Å². The number of alkyl carbamates (subject to hydrolysis) is 1. The van der Waals surface area contributed by atoms with Crippen molar-refractivity contribution in [1.82, 2.24) is 10.2 Å². The molecule has 0 saturated heterocycles. The first kappa shape index (κ1) is 24.3. The van der Waals surface area contributed by atoms with Crippen molar-refractivity contribution < 1.29 is 28.5 Å². The summed E-state index contributed by atoms with van der Waals surface area (Å²) in [7, 11) is 4.02. The van der Waals surface area contributed by atoms with E-state index in [4.69, 9.17) is 23.7 Å². The number of hydrogen-bond acceptors (Lipinski definition) is 7. The molecule has 1 aromatic rings. The summed E-state index contributed by atoms with van der Waals surface area (Å²) in [5, 5.41) is 2.64. The van der Waals surface area contributed by atoms with Crippen LogP contribution < -0.4 is 5.32 Å². The van der Waals surface area contributed by atoms with Gasteiger partial charge in [0.1, 0.15) is 6.61 Å². The number of rotatable bonds is 17. The number of hydrogen-bond donors (Lipinski definition) is 1. The van der Waals surface area contributed by atoms with Gasteiger partial charge in [0.15, 0.2) is 0 Å². The highest BCUT2D eigenvalue weighted by Crippen LogP contribution is 2.00. The van der Waals surface area contributed by atoms with Gasteiger partial charge in [0, 0.05) is 13.1 Å². The van der Waals surface area contributed by atoms with E-state index < -0.39 is 6.09 Å². The molecule has 0 spiro atoms. The van der Waals surface area contributed by atoms with Gasteiger partial charge in [0.05, 0.1) is 52.9 Å². The Labute approximate surface area is 168 Å². The lowest BCUT2D eigenvalue weighted by Gasteiger charge is -2.10. The Balaban J connectivity index is 1.76. The third kappa shape index (κ3) is 15.4. The smallest absolute Gasteiger partial charge is 0.407 e. The molecule has 0 radical (unpaired) electrons. The molecule has 8 nitrogen and oxygen atoms in total. The summed E-state index contributed by atoms with van der Waals surface area (Å²) >= 11 is 0. The summed E-state index contributed by atoms with van der Waals surface area (Å²) in [6.07, 6.45) is -0.452. The second-order valence-electron chi connectivity index (χ2n) is 6.24. The van der Waals surface area contributed by atoms with E-state index in [2.05, 4.69) is 10.2 Å². The standard InChI is InChI=1S/C20H34N2O6/c1-22(2)9-11-25-13-15-27-17-16-26-14-12-24-10-8-21-20(23)28-18-19-6-4-3-5-7-19/h3-7H,8-18H2,1-2H3,(H,21,23). The van der Waals surface area contributed by atoms with Crippen LogP contribution in [0, 0.1) is 0 Å². The second kappa shape index (κ2) is 17.4. The molecule has 0 atom stereocenters. The van der Waals surface area contributed by atoms with Crippen LogP contribution in [-0.4, -0.2) is 91.0 Å². The molecule has 0 aliphatic heterocycles. The van der Waals surface area contributed by atoms with Gasteiger partial charge in [0.2, 0.25) is 0 Å². The topological polar surface area (TPSA) is 78.5 Å². The van der Waals surface area contributed by atoms with E-state index >= 15 is 0 Å². The Kier molecular flexibility index (Phi) is 15.1. The Morgan fingerprint density at radius 1 is 0.821 bits per heavy atom. The van der Waals surface area contributed by atoms with Crippen LogP contribution in [0.3, 0.4) is 0 Å². The monoisotopic (exact) mass is 398 g/mol. The number of nitrogens with zero attached hydrogens (tertiary/aromatic N) is 1. The molecular formula is C20H34N2O6. The van der Waals surface area contributed by atoms with E-state index in [0.717, 1.165) is 12.1 Å². The van der Waals surface area contributed by atoms with E-state index in [1.165, 1.54) is 0 Å². The molecule has 0 aliphatic carbocycles. The second-order valence-corrected chi connectivity index (χ2v) is 6.24. The molecule has 0 bridgehead atoms. The van der Waals surface area contributed by atoms with Crippen LogP contribution in [0.1, 0.15) is 5.56 Å². The maximum absolute atomic E-state index is 11.5. The number of nitrogens with one attached hydrogen (secondary N) is 1. The molecule has 1 rings (SSSR count). The zero-order valence-electron chi connectivity index (χ0n) is 17.1. The molecule has 0 aromatic heterocycles. The minimum Gasteiger partial charge on any atom is -0.445 e. The Hall–Kier alpha value is -1.71. The minimum absolute atomic E-state index is 0.256. The number of carbonyl (C=O) groups is 1. The fourth-order valence-electron chi connectivity index (χ4n) is 2.01. The summed E-state index contributed by atoms with van der Waals surface area (Å²) in [5.74, 6) is 0. The minimum atomic E-state index is -0.452. The van der Waals surface area contributed by atoms with Crippen LogP contribution in [0.2, 0.25) is 0 Å². The van der Waals surface area contributed by atoms with Gasteiger partial charge in [-0.2, -0.15) is 0 Å². The highest BCUT2D eigenvalue weighted by atomic mass is 16.6. The fourth-order valence-corrected chi connectivity index (χ4v) is 2.01. The fraction of sp³-hybridized carbons (Fsp3) is 0.650. The summed E-state index contributed by atoms with van der Waals surface area (Å²) in [4.78, 5) is 13.6. The van der Waals surface area contributed by atoms with Gasteiger partial charge in [-0.25, -0.2) is 4.79 Å². The summed E-state index contributed by atoms with van der Waals surface area (Å²) in [6, 6.07) is 9.53. The maximum Gasteiger partial charge on any atom is 0.407 e. The molecule has 0 fully saturated rings. The van der Waals surface area contributed by atoms with Crippen LogP contribution in [0.4, 0.5) is 4.79 Å². The average molecular weight is 399 g/mol. The van der Waals surface area contributed by atoms with Crippen LogP contribution in [0.15, 0.2) is 30.3 Å². The first-order valence-electron chi connectivity index (χ1n) is 9.58. The van der Waals surface area contributed by atoms with E-state index in [1.807, 2.05) is 44.4 Å². The molecule has 8 heteroatoms. The Morgan fingerprint density at radius 3 is 1.93 bits per heavy atom. The maximum atomic E-state index is 11.5. The van der Waals surface area contributed by atoms with E-state index in [1.54, 1.807) is 0 Å². The highest BCUT2D eigenvalue weighted by molar-refractivity contribution is 5.67. The molecule has 28 heavy (non-hydrogen) atoms. The molecule has 1 N–H and O–H groups in total. The Morgan fingerprint density at radius 2 is 1.36 bits per heavy atom. The van der Waals surface area contributed by atoms with Crippen molar-refractivity contribution >= 4 is 6.09 Å². The van der Waals surface area contributed by atoms with Gasteiger partial charge in [-0.3, -0.25) is 0 Å². The summed E-state index contributed by atoms with van der Waals surface area (Å²) < 4.78 is 26.7. The Bertz CT molecular complexity index is 487. The quantitative estimate of drug-likeness (QED) is 0.399. The number of likely N-dealkylation sites (N-methyl/N-ethyl adjacent to an activating group) is 1. The van der Waals surface area contributed by atoms with Crippen LogP contribution >= 0.6 is 0 Å². The summed E-state index contributed by atoms with van der Waals surface area (Å²) in [6.45, 7) is 5.85. The third-order valence-corrected chi connectivity index (χ3v) is 3.53. The number of amides is 1. The van der Waals surface area contributed by atoms with Crippen LogP contribution in [-0.2, 0) is 30.3 Å². The normalized spacial score (nSPS) is 11.0. The van der Waals surface area contributed by atoms with Crippen molar-refractivity contribution in [3.63, 3.8) is 0 Å². The first-order chi connectivity index (χ1) is 13.7. The van der Waals surface area contributed by atoms with E-state index in [0.29, 0.717) is 59.4 Å². The lowest BCUT2D eigenvalue weighted by molar-refractivity contribution is -0.00260. The lowest BCUT2D eigenvalue weighted by Crippen LogP contribution is -2.28. The average Bonchev–Trinajstić information content (AvgIpc) is 2.70. The van der Waals surface area contributed by atoms with Gasteiger partial charge in [-0.1, -0.05) is 30.3 Å². The van der Waals surface area contributed by atoms with Crippen molar-refractivity contribution in [2.45, 2.75) is 6.61 Å². The van der Waals surface area contributed by atoms with Gasteiger partial charge < -0.3 is 33.9 Å². The third-order valence-electron chi connectivity index (χ3n) is 3.53. The zero-order valence-corrected chi connectivity index (χ0v) is 17.1. The van der Waals surface area contributed by atoms with Crippen LogP contribution in [0.25, 0.3) is 0 Å². The van der Waals surface area contributed by atoms with E-state index in [-0.39, 0.29) is 6.61 Å². The van der Waals surface area contributed by atoms with Gasteiger partial charge in [0.25, 0.3) is 0 Å². The first-order valence-corrected chi connectivity index (χ1v) is 9.58. The molecule has 0 saturated carbocycles. The van der Waals surface area contributed by atoms with E-state index in [9.17, 15) is 4.79 Å². The number of benzene rings is 1. The lowest BCUT2D eigenvalue weighted by atomic mass is 10.2. The SMILES string of the molecule is CN(C)CCOCCOCCOCCOCCNC(=O)OCc1ccccc1. The molecule has 0 unspecified atom stereocenters. The molecular weight excluding hydrogens is 364 g/mol. The van der Waals surface area contributed by atoms with Crippen molar-refractivity contribution in [1.29, 1.82) is 0 Å². The zero-order chi connectivity index (χ0) is 20.3. The molecule has 160 valence electrons. The number of carbonyl (C=O) groups excluding carboxylic acids is 1. The van der Waals surface area contributed by atoms with Crippen molar-refractivity contribution in [3.8, 4) is 0 Å². The van der Waals surface area contributed by atoms with Crippen molar-refractivity contribution in [2.24, 2.45) is 0 Å². The largest absolute Gasteiger partial charge is 0.445 e. The number of ether oxygens (including phenoxy) is 5. The van der Waals surface area contributed by atoms with Crippen LogP contribution in [0.5, 0.6) is 0 Å². The van der Waals surface area contributed by atoms with Crippen molar-refractivity contribution in [3.05, 3.63) is 35.9 Å². The highest BCUT2D eigenvalue weighted by Gasteiger charge is 2.01. The summed E-state index contributed by atoms with van der Waals surface area (Å²) in [5.41, 5.74) is 0.951. The predicted molar refractivity (Wildman–Crippen MR) is 106 cm³/mol. The molecule has 1 aromatic carbocycles. The van der Waals surface area contributed by atoms with Gasteiger partial charge >= 0.3 is 6.09 Å².